The van der Waals surface area contributed by atoms with E-state index in [-0.39, 0.29) is 13.2 Å². The van der Waals surface area contributed by atoms with Gasteiger partial charge >= 0.3 is 5.97 Å². The molecule has 2 N–H and O–H groups in total. The van der Waals surface area contributed by atoms with Crippen LogP contribution >= 0.6 is 0 Å². The Bertz CT molecular complexity index is 475. The molecule has 0 atom stereocenters. The highest BCUT2D eigenvalue weighted by Crippen LogP contribution is 2.07. The van der Waals surface area contributed by atoms with Gasteiger partial charge in [0.05, 0.1) is 6.54 Å². The summed E-state index contributed by atoms with van der Waals surface area (Å²) in [5, 5.41) is 10.9. The zero-order chi connectivity index (χ0) is 15.0. The first kappa shape index (κ1) is 15.5. The summed E-state index contributed by atoms with van der Waals surface area (Å²) in [4.78, 5) is 34.3. The van der Waals surface area contributed by atoms with Crippen molar-refractivity contribution in [2.45, 2.75) is 0 Å². The Hall–Kier alpha value is -2.57. The second-order valence-electron chi connectivity index (χ2n) is 4.02. The fourth-order valence-corrected chi connectivity index (χ4v) is 1.32. The van der Waals surface area contributed by atoms with Crippen LogP contribution in [0.4, 0.5) is 0 Å². The Morgan fingerprint density at radius 2 is 1.90 bits per heavy atom. The van der Waals surface area contributed by atoms with E-state index in [1.165, 1.54) is 7.05 Å². The average molecular weight is 280 g/mol. The van der Waals surface area contributed by atoms with E-state index in [1.54, 1.807) is 24.3 Å². The fraction of sp³-hybridized carbons (Fsp3) is 0.308. The molecule has 1 aromatic rings. The molecular weight excluding hydrogens is 264 g/mol. The van der Waals surface area contributed by atoms with E-state index in [0.717, 1.165) is 4.90 Å². The molecule has 0 aliphatic carbocycles. The van der Waals surface area contributed by atoms with Crippen molar-refractivity contribution in [1.82, 2.24) is 10.2 Å². The quantitative estimate of drug-likeness (QED) is 0.716. The molecule has 0 heterocycles. The minimum atomic E-state index is -1.11. The van der Waals surface area contributed by atoms with Crippen molar-refractivity contribution >= 4 is 17.8 Å². The van der Waals surface area contributed by atoms with Gasteiger partial charge in [-0.2, -0.15) is 0 Å². The largest absolute Gasteiger partial charge is 0.484 e. The second kappa shape index (κ2) is 7.78. The highest BCUT2D eigenvalue weighted by atomic mass is 16.5. The number of benzene rings is 1. The minimum Gasteiger partial charge on any atom is -0.484 e. The predicted molar refractivity (Wildman–Crippen MR) is 70.2 cm³/mol. The first-order valence-corrected chi connectivity index (χ1v) is 5.89. The summed E-state index contributed by atoms with van der Waals surface area (Å²) in [5.41, 5.74) is 0. The normalized spacial score (nSPS) is 9.65. The highest BCUT2D eigenvalue weighted by Gasteiger charge is 2.13. The molecule has 2 amide bonds. The third-order valence-electron chi connectivity index (χ3n) is 2.35. The number of likely N-dealkylation sites (N-methyl/N-ethyl adjacent to an activating group) is 1. The number of carboxylic acid groups (broad SMARTS) is 1. The molecule has 0 radical (unpaired) electrons. The van der Waals surface area contributed by atoms with Gasteiger partial charge in [0.1, 0.15) is 12.3 Å². The molecule has 7 nitrogen and oxygen atoms in total. The maximum atomic E-state index is 11.5. The number of rotatable bonds is 7. The summed E-state index contributed by atoms with van der Waals surface area (Å²) in [7, 11) is 1.35. The number of amides is 2. The number of para-hydroxylation sites is 1. The number of nitrogens with one attached hydrogen (secondary N) is 1. The molecule has 0 bridgehead atoms. The lowest BCUT2D eigenvalue weighted by Gasteiger charge is -2.14. The standard InChI is InChI=1S/C13H16N2O5/c1-15(8-13(18)19)12(17)7-14-11(16)9-20-10-5-3-2-4-6-10/h2-6H,7-9H2,1H3,(H,14,16)(H,18,19). The molecule has 0 saturated carbocycles. The van der Waals surface area contributed by atoms with Gasteiger partial charge in [0, 0.05) is 7.05 Å². The predicted octanol–water partition coefficient (Wildman–Crippen LogP) is -0.275. The molecule has 0 spiro atoms. The van der Waals surface area contributed by atoms with Crippen molar-refractivity contribution in [3.8, 4) is 5.75 Å². The molecule has 0 aromatic heterocycles. The lowest BCUT2D eigenvalue weighted by molar-refractivity contribution is -0.143. The maximum Gasteiger partial charge on any atom is 0.323 e. The molecule has 0 fully saturated rings. The van der Waals surface area contributed by atoms with Crippen molar-refractivity contribution in [1.29, 1.82) is 0 Å². The Morgan fingerprint density at radius 1 is 1.25 bits per heavy atom. The van der Waals surface area contributed by atoms with E-state index in [9.17, 15) is 14.4 Å². The van der Waals surface area contributed by atoms with Crippen molar-refractivity contribution in [2.75, 3.05) is 26.7 Å². The maximum absolute atomic E-state index is 11.5. The van der Waals surface area contributed by atoms with Crippen LogP contribution in [-0.4, -0.2) is 54.5 Å². The number of hydrogen-bond donors (Lipinski definition) is 2. The number of aliphatic carboxylic acids is 1. The highest BCUT2D eigenvalue weighted by molar-refractivity contribution is 5.87. The molecule has 20 heavy (non-hydrogen) atoms. The summed E-state index contributed by atoms with van der Waals surface area (Å²) in [6.07, 6.45) is 0. The van der Waals surface area contributed by atoms with Crippen molar-refractivity contribution < 1.29 is 24.2 Å². The first-order chi connectivity index (χ1) is 9.49. The van der Waals surface area contributed by atoms with Crippen LogP contribution in [0.3, 0.4) is 0 Å². The Kier molecular flexibility index (Phi) is 6.02. The lowest BCUT2D eigenvalue weighted by Crippen LogP contribution is -2.41. The van der Waals surface area contributed by atoms with Crippen LogP contribution in [0.1, 0.15) is 0 Å². The van der Waals surface area contributed by atoms with Crippen LogP contribution in [-0.2, 0) is 14.4 Å². The minimum absolute atomic E-state index is 0.208. The molecule has 0 unspecified atom stereocenters. The van der Waals surface area contributed by atoms with E-state index in [4.69, 9.17) is 9.84 Å². The molecule has 1 rings (SSSR count). The third kappa shape index (κ3) is 5.85. The smallest absolute Gasteiger partial charge is 0.323 e. The number of nitrogens with zero attached hydrogens (tertiary/aromatic N) is 1. The third-order valence-corrected chi connectivity index (χ3v) is 2.35. The Morgan fingerprint density at radius 3 is 2.50 bits per heavy atom. The second-order valence-corrected chi connectivity index (χ2v) is 4.02. The number of ether oxygens (including phenoxy) is 1. The van der Waals surface area contributed by atoms with Gasteiger partial charge in [-0.3, -0.25) is 14.4 Å². The van der Waals surface area contributed by atoms with Crippen LogP contribution < -0.4 is 10.1 Å². The monoisotopic (exact) mass is 280 g/mol. The average Bonchev–Trinajstić information content (AvgIpc) is 2.42. The number of hydrogen-bond acceptors (Lipinski definition) is 4. The summed E-state index contributed by atoms with van der Waals surface area (Å²) in [6.45, 7) is -0.879. The van der Waals surface area contributed by atoms with Gasteiger partial charge in [0.2, 0.25) is 5.91 Å². The van der Waals surface area contributed by atoms with Crippen LogP contribution in [0, 0.1) is 0 Å². The van der Waals surface area contributed by atoms with Crippen LogP contribution in [0.15, 0.2) is 30.3 Å². The van der Waals surface area contributed by atoms with E-state index in [1.807, 2.05) is 6.07 Å². The lowest BCUT2D eigenvalue weighted by atomic mass is 10.3. The molecule has 0 saturated heterocycles. The van der Waals surface area contributed by atoms with Gasteiger partial charge < -0.3 is 20.1 Å². The first-order valence-electron chi connectivity index (χ1n) is 5.89. The zero-order valence-electron chi connectivity index (χ0n) is 11.0. The Balaban J connectivity index is 2.26. The zero-order valence-corrected chi connectivity index (χ0v) is 11.0. The van der Waals surface area contributed by atoms with Crippen molar-refractivity contribution in [2.24, 2.45) is 0 Å². The molecular formula is C13H16N2O5. The molecule has 108 valence electrons. The van der Waals surface area contributed by atoms with E-state index in [0.29, 0.717) is 5.75 Å². The fourth-order valence-electron chi connectivity index (χ4n) is 1.32. The summed E-state index contributed by atoms with van der Waals surface area (Å²) in [6, 6.07) is 8.79. The van der Waals surface area contributed by atoms with Gasteiger partial charge in [-0.05, 0) is 12.1 Å². The van der Waals surface area contributed by atoms with Crippen LogP contribution in [0.2, 0.25) is 0 Å². The van der Waals surface area contributed by atoms with E-state index in [2.05, 4.69) is 5.32 Å². The summed E-state index contributed by atoms with van der Waals surface area (Å²) in [5.74, 6) is -1.50. The molecule has 7 heteroatoms. The molecule has 1 aromatic carbocycles. The molecule has 0 aliphatic heterocycles. The SMILES string of the molecule is CN(CC(=O)O)C(=O)CNC(=O)COc1ccccc1. The van der Waals surface area contributed by atoms with Crippen molar-refractivity contribution in [3.63, 3.8) is 0 Å². The topological polar surface area (TPSA) is 95.9 Å². The van der Waals surface area contributed by atoms with E-state index >= 15 is 0 Å². The Labute approximate surface area is 116 Å². The van der Waals surface area contributed by atoms with Crippen molar-refractivity contribution in [3.05, 3.63) is 30.3 Å². The summed E-state index contributed by atoms with van der Waals surface area (Å²) < 4.78 is 5.19. The van der Waals surface area contributed by atoms with Gasteiger partial charge in [0.25, 0.3) is 5.91 Å². The molecule has 0 aliphatic rings. The van der Waals surface area contributed by atoms with Gasteiger partial charge in [0.15, 0.2) is 6.61 Å². The van der Waals surface area contributed by atoms with Gasteiger partial charge in [-0.25, -0.2) is 0 Å². The number of carboxylic acids is 1. The number of carbonyl (C=O) groups is 3. The van der Waals surface area contributed by atoms with Crippen LogP contribution in [0.25, 0.3) is 0 Å². The number of carbonyl (C=O) groups excluding carboxylic acids is 2. The van der Waals surface area contributed by atoms with Crippen LogP contribution in [0.5, 0.6) is 5.75 Å². The van der Waals surface area contributed by atoms with Gasteiger partial charge in [-0.1, -0.05) is 18.2 Å². The van der Waals surface area contributed by atoms with E-state index < -0.39 is 24.3 Å². The van der Waals surface area contributed by atoms with Gasteiger partial charge in [-0.15, -0.1) is 0 Å². The summed E-state index contributed by atoms with van der Waals surface area (Å²) >= 11 is 0.